The van der Waals surface area contributed by atoms with E-state index in [0.29, 0.717) is 6.42 Å². The average molecular weight is 361 g/mol. The van der Waals surface area contributed by atoms with E-state index < -0.39 is 23.4 Å². The summed E-state index contributed by atoms with van der Waals surface area (Å²) in [5.74, 6) is -0.945. The zero-order chi connectivity index (χ0) is 18.2. The largest absolute Gasteiger partial charge is 0.376 e. The number of benzene rings is 1. The van der Waals surface area contributed by atoms with Gasteiger partial charge in [0.25, 0.3) is 11.8 Å². The van der Waals surface area contributed by atoms with Crippen LogP contribution in [0.4, 0.5) is 10.5 Å². The maximum Gasteiger partial charge on any atom is 0.344 e. The molecule has 9 heteroatoms. The molecule has 0 aliphatic carbocycles. The summed E-state index contributed by atoms with van der Waals surface area (Å²) in [6, 6.07) is 5.00. The Kier molecular flexibility index (Phi) is 4.34. The van der Waals surface area contributed by atoms with Crippen LogP contribution in [0.2, 0.25) is 0 Å². The lowest BCUT2D eigenvalue weighted by atomic mass is 10.00. The van der Waals surface area contributed by atoms with E-state index in [2.05, 4.69) is 21.0 Å². The Morgan fingerprint density at radius 2 is 2.16 bits per heavy atom. The molecule has 0 spiro atoms. The summed E-state index contributed by atoms with van der Waals surface area (Å²) in [6.07, 6.45) is 0.441. The maximum atomic E-state index is 12.2. The lowest BCUT2D eigenvalue weighted by molar-refractivity contribution is -0.138. The first-order valence-corrected chi connectivity index (χ1v) is 8.71. The van der Waals surface area contributed by atoms with Crippen molar-refractivity contribution < 1.29 is 14.4 Å². The van der Waals surface area contributed by atoms with Gasteiger partial charge in [0.2, 0.25) is 0 Å². The van der Waals surface area contributed by atoms with E-state index >= 15 is 0 Å². The number of imide groups is 1. The van der Waals surface area contributed by atoms with E-state index in [1.807, 2.05) is 25.1 Å². The zero-order valence-corrected chi connectivity index (χ0v) is 15.0. The van der Waals surface area contributed by atoms with Crippen molar-refractivity contribution in [3.8, 4) is 0 Å². The van der Waals surface area contributed by atoms with E-state index in [1.165, 1.54) is 0 Å². The van der Waals surface area contributed by atoms with Gasteiger partial charge in [-0.25, -0.2) is 9.78 Å². The molecule has 3 rings (SSSR count). The third kappa shape index (κ3) is 3.27. The van der Waals surface area contributed by atoms with Gasteiger partial charge in [-0.05, 0) is 38.5 Å². The predicted octanol–water partition coefficient (Wildman–Crippen LogP) is 1.77. The van der Waals surface area contributed by atoms with Crippen LogP contribution in [0.15, 0.2) is 18.2 Å². The van der Waals surface area contributed by atoms with Crippen molar-refractivity contribution in [1.29, 1.82) is 0 Å². The molecule has 25 heavy (non-hydrogen) atoms. The highest BCUT2D eigenvalue weighted by Gasteiger charge is 2.47. The summed E-state index contributed by atoms with van der Waals surface area (Å²) in [5, 5.41) is 7.27. The number of thiazole rings is 1. The summed E-state index contributed by atoms with van der Waals surface area (Å²) in [6.45, 7) is 5.29. The summed E-state index contributed by atoms with van der Waals surface area (Å²) >= 11 is 1.57. The number of nitrogens with one attached hydrogen (secondary N) is 3. The number of rotatable bonds is 5. The molecule has 1 atom stereocenters. The molecule has 4 amide bonds. The number of carbonyl (C=O) groups is 3. The fourth-order valence-corrected chi connectivity index (χ4v) is 3.39. The minimum absolute atomic E-state index is 0.0663. The number of hydrogen-bond acceptors (Lipinski definition) is 6. The van der Waals surface area contributed by atoms with E-state index in [9.17, 15) is 14.4 Å². The molecule has 1 aliphatic rings. The second-order valence-electron chi connectivity index (χ2n) is 6.06. The Labute approximate surface area is 148 Å². The third-order valence-electron chi connectivity index (χ3n) is 4.15. The number of carbonyl (C=O) groups excluding carboxylic acids is 3. The van der Waals surface area contributed by atoms with Crippen molar-refractivity contribution in [2.45, 2.75) is 32.7 Å². The molecule has 0 saturated carbocycles. The Bertz CT molecular complexity index is 865. The van der Waals surface area contributed by atoms with Crippen LogP contribution >= 0.6 is 11.3 Å². The molecule has 1 aromatic carbocycles. The topological polar surface area (TPSA) is 103 Å². The smallest absolute Gasteiger partial charge is 0.344 e. The molecule has 1 fully saturated rings. The SMILES string of the molecule is CC[C@]1(C)NC(=O)N(NC(=O)CNc2ccc3nc(C)sc3c2)C1=O. The van der Waals surface area contributed by atoms with Crippen LogP contribution in [0.25, 0.3) is 10.2 Å². The fourth-order valence-electron chi connectivity index (χ4n) is 2.52. The van der Waals surface area contributed by atoms with E-state index in [4.69, 9.17) is 0 Å². The fraction of sp³-hybridized carbons (Fsp3) is 0.375. The number of nitrogens with zero attached hydrogens (tertiary/aromatic N) is 2. The standard InChI is InChI=1S/C16H19N5O3S/c1-4-16(3)14(23)21(15(24)19-16)20-13(22)8-17-10-5-6-11-12(7-10)25-9(2)18-11/h5-7,17H,4,8H2,1-3H3,(H,19,24)(H,20,22)/t16-/m0/s1. The van der Waals surface area contributed by atoms with Crippen LogP contribution in [-0.2, 0) is 9.59 Å². The monoisotopic (exact) mass is 361 g/mol. The van der Waals surface area contributed by atoms with Crippen molar-refractivity contribution >= 4 is 45.1 Å². The first-order chi connectivity index (χ1) is 11.8. The molecule has 3 N–H and O–H groups in total. The Balaban J connectivity index is 1.60. The molecule has 2 aromatic rings. The van der Waals surface area contributed by atoms with Crippen LogP contribution in [0, 0.1) is 6.92 Å². The number of hydrazine groups is 1. The molecule has 2 heterocycles. The van der Waals surface area contributed by atoms with Gasteiger partial charge in [-0.3, -0.25) is 15.0 Å². The first-order valence-electron chi connectivity index (χ1n) is 7.89. The number of amides is 4. The summed E-state index contributed by atoms with van der Waals surface area (Å²) in [4.78, 5) is 40.6. The zero-order valence-electron chi connectivity index (χ0n) is 14.2. The van der Waals surface area contributed by atoms with Crippen LogP contribution in [-0.4, -0.2) is 39.9 Å². The number of hydrogen-bond donors (Lipinski definition) is 3. The first kappa shape index (κ1) is 17.2. The number of anilines is 1. The Hall–Kier alpha value is -2.68. The van der Waals surface area contributed by atoms with Crippen molar-refractivity contribution in [3.63, 3.8) is 0 Å². The highest BCUT2D eigenvalue weighted by molar-refractivity contribution is 7.18. The van der Waals surface area contributed by atoms with Gasteiger partial charge in [0.05, 0.1) is 21.8 Å². The van der Waals surface area contributed by atoms with Gasteiger partial charge in [0.15, 0.2) is 0 Å². The highest BCUT2D eigenvalue weighted by atomic mass is 32.1. The second-order valence-corrected chi connectivity index (χ2v) is 7.30. The molecule has 132 valence electrons. The Morgan fingerprint density at radius 1 is 1.40 bits per heavy atom. The predicted molar refractivity (Wildman–Crippen MR) is 95.1 cm³/mol. The highest BCUT2D eigenvalue weighted by Crippen LogP contribution is 2.24. The van der Waals surface area contributed by atoms with Crippen LogP contribution in [0.3, 0.4) is 0 Å². The summed E-state index contributed by atoms with van der Waals surface area (Å²) in [7, 11) is 0. The second kappa shape index (κ2) is 6.32. The van der Waals surface area contributed by atoms with Crippen molar-refractivity contribution in [2.75, 3.05) is 11.9 Å². The Morgan fingerprint density at radius 3 is 2.84 bits per heavy atom. The van der Waals surface area contributed by atoms with Crippen LogP contribution in [0.5, 0.6) is 0 Å². The van der Waals surface area contributed by atoms with Gasteiger partial charge in [0, 0.05) is 5.69 Å². The molecule has 0 unspecified atom stereocenters. The van der Waals surface area contributed by atoms with Gasteiger partial charge in [-0.1, -0.05) is 6.92 Å². The van der Waals surface area contributed by atoms with Gasteiger partial charge >= 0.3 is 6.03 Å². The van der Waals surface area contributed by atoms with E-state index in [-0.39, 0.29) is 6.54 Å². The van der Waals surface area contributed by atoms with Gasteiger partial charge in [0.1, 0.15) is 5.54 Å². The van der Waals surface area contributed by atoms with Crippen LogP contribution in [0.1, 0.15) is 25.3 Å². The normalized spacial score (nSPS) is 20.0. The lowest BCUT2D eigenvalue weighted by Crippen LogP contribution is -2.50. The number of fused-ring (bicyclic) bond motifs is 1. The maximum absolute atomic E-state index is 12.2. The van der Waals surface area contributed by atoms with Crippen molar-refractivity contribution in [2.24, 2.45) is 0 Å². The third-order valence-corrected chi connectivity index (χ3v) is 5.09. The van der Waals surface area contributed by atoms with E-state index in [1.54, 1.807) is 25.2 Å². The quantitative estimate of drug-likeness (QED) is 0.704. The number of aryl methyl sites for hydroxylation is 1. The number of aromatic nitrogens is 1. The molecule has 0 radical (unpaired) electrons. The molecule has 1 saturated heterocycles. The summed E-state index contributed by atoms with van der Waals surface area (Å²) in [5.41, 5.74) is 3.04. The average Bonchev–Trinajstić information content (AvgIpc) is 3.04. The van der Waals surface area contributed by atoms with E-state index in [0.717, 1.165) is 25.9 Å². The molecular formula is C16H19N5O3S. The molecule has 1 aliphatic heterocycles. The lowest BCUT2D eigenvalue weighted by Gasteiger charge is -2.19. The van der Waals surface area contributed by atoms with Crippen molar-refractivity contribution in [3.05, 3.63) is 23.2 Å². The summed E-state index contributed by atoms with van der Waals surface area (Å²) < 4.78 is 1.02. The van der Waals surface area contributed by atoms with Gasteiger partial charge < -0.3 is 10.6 Å². The van der Waals surface area contributed by atoms with Crippen molar-refractivity contribution in [1.82, 2.24) is 20.7 Å². The van der Waals surface area contributed by atoms with Gasteiger partial charge in [-0.2, -0.15) is 5.01 Å². The minimum atomic E-state index is -0.979. The number of urea groups is 1. The minimum Gasteiger partial charge on any atom is -0.376 e. The molecule has 8 nitrogen and oxygen atoms in total. The molecule has 1 aromatic heterocycles. The molecule has 0 bridgehead atoms. The van der Waals surface area contributed by atoms with Crippen LogP contribution < -0.4 is 16.1 Å². The molecular weight excluding hydrogens is 342 g/mol. The van der Waals surface area contributed by atoms with Gasteiger partial charge in [-0.15, -0.1) is 11.3 Å².